The van der Waals surface area contributed by atoms with Gasteiger partial charge in [-0.3, -0.25) is 9.20 Å². The van der Waals surface area contributed by atoms with Crippen molar-refractivity contribution < 1.29 is 19.0 Å². The van der Waals surface area contributed by atoms with Crippen molar-refractivity contribution >= 4 is 17.4 Å². The normalized spacial score (nSPS) is 10.8. The first-order valence-corrected chi connectivity index (χ1v) is 12.4. The van der Waals surface area contributed by atoms with Gasteiger partial charge in [0.25, 0.3) is 5.91 Å². The number of benzene rings is 2. The number of anilines is 1. The third-order valence-electron chi connectivity index (χ3n) is 6.37. The first-order chi connectivity index (χ1) is 18.0. The number of hydrogen-bond donors (Lipinski definition) is 1. The van der Waals surface area contributed by atoms with Crippen LogP contribution < -0.4 is 24.4 Å². The summed E-state index contributed by atoms with van der Waals surface area (Å²) in [5.41, 5.74) is 4.45. The molecule has 4 rings (SSSR count). The fourth-order valence-corrected chi connectivity index (χ4v) is 4.35. The molecule has 0 fully saturated rings. The molecule has 0 aliphatic rings. The van der Waals surface area contributed by atoms with Gasteiger partial charge in [0.1, 0.15) is 17.2 Å². The molecule has 8 heteroatoms. The number of hydrogen-bond acceptors (Lipinski definition) is 6. The fraction of sp³-hybridized carbons (Fsp3) is 0.310. The zero-order chi connectivity index (χ0) is 26.4. The zero-order valence-corrected chi connectivity index (χ0v) is 22.1. The summed E-state index contributed by atoms with van der Waals surface area (Å²) in [7, 11) is 4.90. The maximum absolute atomic E-state index is 13.0. The number of methoxy groups -OCH3 is 3. The second kappa shape index (κ2) is 11.7. The summed E-state index contributed by atoms with van der Waals surface area (Å²) in [6, 6.07) is 17.3. The molecule has 1 N–H and O–H groups in total. The first kappa shape index (κ1) is 25.9. The number of imidazole rings is 1. The predicted molar refractivity (Wildman–Crippen MR) is 145 cm³/mol. The van der Waals surface area contributed by atoms with Crippen LogP contribution >= 0.6 is 0 Å². The van der Waals surface area contributed by atoms with E-state index in [4.69, 9.17) is 19.2 Å². The molecule has 0 bridgehead atoms. The number of pyridine rings is 1. The van der Waals surface area contributed by atoms with Crippen LogP contribution in [0.5, 0.6) is 17.2 Å². The van der Waals surface area contributed by atoms with E-state index in [9.17, 15) is 4.79 Å². The van der Waals surface area contributed by atoms with Crippen molar-refractivity contribution in [2.45, 2.75) is 33.4 Å². The van der Waals surface area contributed by atoms with Crippen LogP contribution in [0.1, 0.15) is 41.0 Å². The second-order valence-corrected chi connectivity index (χ2v) is 8.62. The van der Waals surface area contributed by atoms with E-state index in [0.717, 1.165) is 47.0 Å². The molecule has 0 spiro atoms. The monoisotopic (exact) mass is 502 g/mol. The highest BCUT2D eigenvalue weighted by Crippen LogP contribution is 2.30. The Morgan fingerprint density at radius 2 is 1.65 bits per heavy atom. The van der Waals surface area contributed by atoms with Gasteiger partial charge in [0.2, 0.25) is 0 Å². The summed E-state index contributed by atoms with van der Waals surface area (Å²) in [6.07, 6.45) is 2.65. The van der Waals surface area contributed by atoms with E-state index in [1.807, 2.05) is 65.2 Å². The maximum Gasteiger partial charge on any atom is 0.253 e. The number of amides is 1. The minimum absolute atomic E-state index is 0.140. The Kier molecular flexibility index (Phi) is 8.18. The van der Waals surface area contributed by atoms with Crippen molar-refractivity contribution in [3.8, 4) is 17.2 Å². The molecule has 0 aliphatic carbocycles. The largest absolute Gasteiger partial charge is 0.497 e. The van der Waals surface area contributed by atoms with Gasteiger partial charge in [0.05, 0.1) is 32.6 Å². The van der Waals surface area contributed by atoms with Gasteiger partial charge >= 0.3 is 0 Å². The van der Waals surface area contributed by atoms with E-state index in [0.29, 0.717) is 30.2 Å². The lowest BCUT2D eigenvalue weighted by atomic mass is 10.1. The van der Waals surface area contributed by atoms with Gasteiger partial charge in [0, 0.05) is 25.8 Å². The highest BCUT2D eigenvalue weighted by atomic mass is 16.5. The zero-order valence-electron chi connectivity index (χ0n) is 22.1. The lowest BCUT2D eigenvalue weighted by molar-refractivity contribution is 0.0950. The Morgan fingerprint density at radius 1 is 0.919 bits per heavy atom. The van der Waals surface area contributed by atoms with Gasteiger partial charge in [-0.05, 0) is 60.9 Å². The predicted octanol–water partition coefficient (Wildman–Crippen LogP) is 4.88. The van der Waals surface area contributed by atoms with E-state index < -0.39 is 0 Å². The Balaban J connectivity index is 1.60. The van der Waals surface area contributed by atoms with Crippen molar-refractivity contribution in [3.05, 3.63) is 83.2 Å². The average Bonchev–Trinajstić information content (AvgIpc) is 3.32. The van der Waals surface area contributed by atoms with Crippen LogP contribution in [0.25, 0.3) is 5.65 Å². The molecule has 0 saturated heterocycles. The van der Waals surface area contributed by atoms with Crippen LogP contribution in [-0.2, 0) is 19.5 Å². The van der Waals surface area contributed by atoms with Gasteiger partial charge in [0.15, 0.2) is 11.5 Å². The van der Waals surface area contributed by atoms with Gasteiger partial charge in [-0.15, -0.1) is 0 Å². The molecule has 2 aromatic heterocycles. The molecule has 0 aliphatic heterocycles. The van der Waals surface area contributed by atoms with Crippen molar-refractivity contribution in [2.24, 2.45) is 0 Å². The van der Waals surface area contributed by atoms with Crippen LogP contribution in [0.3, 0.4) is 0 Å². The highest BCUT2D eigenvalue weighted by Gasteiger charge is 2.19. The van der Waals surface area contributed by atoms with Crippen LogP contribution in [0.15, 0.2) is 60.8 Å². The number of carbonyl (C=O) groups excluding carboxylic acids is 1. The average molecular weight is 503 g/mol. The van der Waals surface area contributed by atoms with E-state index in [1.54, 1.807) is 21.3 Å². The fourth-order valence-electron chi connectivity index (χ4n) is 4.35. The highest BCUT2D eigenvalue weighted by molar-refractivity contribution is 5.94. The molecule has 0 unspecified atom stereocenters. The molecule has 4 aromatic rings. The second-order valence-electron chi connectivity index (χ2n) is 8.62. The van der Waals surface area contributed by atoms with Crippen LogP contribution in [0.2, 0.25) is 0 Å². The smallest absolute Gasteiger partial charge is 0.253 e. The van der Waals surface area contributed by atoms with E-state index in [-0.39, 0.29) is 5.91 Å². The number of rotatable bonds is 11. The van der Waals surface area contributed by atoms with Crippen molar-refractivity contribution in [1.82, 2.24) is 14.7 Å². The molecular weight excluding hydrogens is 468 g/mol. The molecule has 37 heavy (non-hydrogen) atoms. The number of aryl methyl sites for hydroxylation is 1. The van der Waals surface area contributed by atoms with E-state index in [2.05, 4.69) is 24.1 Å². The third kappa shape index (κ3) is 5.63. The van der Waals surface area contributed by atoms with Gasteiger partial charge in [-0.25, -0.2) is 4.98 Å². The lowest BCUT2D eigenvalue weighted by Gasteiger charge is -2.24. The Labute approximate surface area is 217 Å². The number of carbonyl (C=O) groups is 1. The van der Waals surface area contributed by atoms with Crippen molar-refractivity contribution in [2.75, 3.05) is 32.8 Å². The SMILES string of the molecule is CCc1nc2ccc(C(=O)NCc3ccc(OC)cc3)cn2c1N(CC)Cc1ccc(OC)c(OC)c1. The minimum atomic E-state index is -0.140. The van der Waals surface area contributed by atoms with Crippen LogP contribution in [-0.4, -0.2) is 43.2 Å². The number of fused-ring (bicyclic) bond motifs is 1. The minimum Gasteiger partial charge on any atom is -0.497 e. The Morgan fingerprint density at radius 3 is 2.30 bits per heavy atom. The van der Waals surface area contributed by atoms with Crippen LogP contribution in [0.4, 0.5) is 5.82 Å². The molecule has 0 atom stereocenters. The third-order valence-corrected chi connectivity index (χ3v) is 6.37. The topological polar surface area (TPSA) is 77.3 Å². The molecule has 8 nitrogen and oxygen atoms in total. The summed E-state index contributed by atoms with van der Waals surface area (Å²) in [5, 5.41) is 3.01. The first-order valence-electron chi connectivity index (χ1n) is 12.4. The number of nitrogens with one attached hydrogen (secondary N) is 1. The summed E-state index contributed by atoms with van der Waals surface area (Å²) in [5.74, 6) is 3.02. The number of nitrogens with zero attached hydrogens (tertiary/aromatic N) is 3. The van der Waals surface area contributed by atoms with Gasteiger partial charge in [-0.1, -0.05) is 25.1 Å². The Hall–Kier alpha value is -4.20. The van der Waals surface area contributed by atoms with Crippen molar-refractivity contribution in [3.63, 3.8) is 0 Å². The summed E-state index contributed by atoms with van der Waals surface area (Å²) in [6.45, 7) is 6.07. The van der Waals surface area contributed by atoms with E-state index >= 15 is 0 Å². The molecule has 0 radical (unpaired) electrons. The molecule has 194 valence electrons. The Bertz CT molecular complexity index is 1360. The lowest BCUT2D eigenvalue weighted by Crippen LogP contribution is -2.25. The molecule has 0 saturated carbocycles. The molecule has 2 aromatic carbocycles. The molecule has 2 heterocycles. The van der Waals surface area contributed by atoms with Crippen molar-refractivity contribution in [1.29, 1.82) is 0 Å². The number of aromatic nitrogens is 2. The summed E-state index contributed by atoms with van der Waals surface area (Å²) in [4.78, 5) is 20.1. The van der Waals surface area contributed by atoms with Gasteiger partial charge in [-0.2, -0.15) is 0 Å². The van der Waals surface area contributed by atoms with Crippen LogP contribution in [0, 0.1) is 0 Å². The maximum atomic E-state index is 13.0. The quantitative estimate of drug-likeness (QED) is 0.315. The van der Waals surface area contributed by atoms with E-state index in [1.165, 1.54) is 0 Å². The van der Waals surface area contributed by atoms with Gasteiger partial charge < -0.3 is 24.4 Å². The molecular formula is C29H34N4O4. The summed E-state index contributed by atoms with van der Waals surface area (Å²) >= 11 is 0. The number of ether oxygens (including phenoxy) is 3. The standard InChI is InChI=1S/C29H34N4O4/c1-6-24-29(32(7-2)18-21-10-14-25(36-4)26(16-21)37-5)33-19-22(11-15-27(33)31-24)28(34)30-17-20-8-12-23(35-3)13-9-20/h8-16,19H,6-7,17-18H2,1-5H3,(H,30,34). The molecule has 1 amide bonds. The summed E-state index contributed by atoms with van der Waals surface area (Å²) < 4.78 is 18.1.